The lowest BCUT2D eigenvalue weighted by molar-refractivity contribution is 1.09. The number of rotatable bonds is 6. The first-order valence-electron chi connectivity index (χ1n) is 8.91. The fourth-order valence-corrected chi connectivity index (χ4v) is 2.78. The summed E-state index contributed by atoms with van der Waals surface area (Å²) >= 11 is 0. The van der Waals surface area contributed by atoms with Gasteiger partial charge in [-0.25, -0.2) is 9.97 Å². The second kappa shape index (κ2) is 8.09. The van der Waals surface area contributed by atoms with Crippen LogP contribution in [0, 0.1) is 0 Å². The number of benzene rings is 3. The standard InChI is InChI=1S/C22H20N6/c23-20-21(26-17-10-4-1-5-11-17)24-16-25-22(20)27-28(18-12-6-2-7-13-18)19-14-8-3-9-15-19/h1-16H,23H2,(H2,24,25,26,27). The molecule has 6 heteroatoms. The predicted molar refractivity (Wildman–Crippen MR) is 115 cm³/mol. The van der Waals surface area contributed by atoms with Gasteiger partial charge in [0.2, 0.25) is 0 Å². The molecule has 0 spiro atoms. The van der Waals surface area contributed by atoms with Crippen LogP contribution in [0.25, 0.3) is 0 Å². The first kappa shape index (κ1) is 17.4. The Labute approximate surface area is 163 Å². The van der Waals surface area contributed by atoms with Gasteiger partial charge in [-0.15, -0.1) is 0 Å². The van der Waals surface area contributed by atoms with Gasteiger partial charge in [0.05, 0.1) is 11.4 Å². The maximum atomic E-state index is 6.36. The average molecular weight is 368 g/mol. The van der Waals surface area contributed by atoms with Gasteiger partial charge in [0, 0.05) is 5.69 Å². The third kappa shape index (κ3) is 3.86. The Balaban J connectivity index is 1.67. The molecule has 1 heterocycles. The molecule has 4 aromatic rings. The number of hydrogen-bond donors (Lipinski definition) is 3. The Kier molecular flexibility index (Phi) is 5.02. The van der Waals surface area contributed by atoms with E-state index in [1.54, 1.807) is 0 Å². The molecule has 0 bridgehead atoms. The number of nitrogens with two attached hydrogens (primary N) is 1. The molecule has 1 aromatic heterocycles. The minimum atomic E-state index is 0.434. The van der Waals surface area contributed by atoms with Crippen LogP contribution >= 0.6 is 0 Å². The van der Waals surface area contributed by atoms with Gasteiger partial charge in [0.25, 0.3) is 0 Å². The Morgan fingerprint density at radius 1 is 0.643 bits per heavy atom. The van der Waals surface area contributed by atoms with Crippen molar-refractivity contribution in [2.24, 2.45) is 0 Å². The molecular formula is C22H20N6. The molecule has 0 unspecified atom stereocenters. The van der Waals surface area contributed by atoms with Crippen molar-refractivity contribution in [2.45, 2.75) is 0 Å². The molecule has 3 aromatic carbocycles. The van der Waals surface area contributed by atoms with Crippen molar-refractivity contribution in [3.63, 3.8) is 0 Å². The van der Waals surface area contributed by atoms with Crippen molar-refractivity contribution in [3.05, 3.63) is 97.3 Å². The van der Waals surface area contributed by atoms with Gasteiger partial charge in [-0.05, 0) is 36.4 Å². The monoisotopic (exact) mass is 368 g/mol. The van der Waals surface area contributed by atoms with Crippen LogP contribution in [0.15, 0.2) is 97.3 Å². The van der Waals surface area contributed by atoms with Gasteiger partial charge in [-0.1, -0.05) is 54.6 Å². The lowest BCUT2D eigenvalue weighted by Crippen LogP contribution is -2.26. The summed E-state index contributed by atoms with van der Waals surface area (Å²) < 4.78 is 0. The molecule has 4 N–H and O–H groups in total. The highest BCUT2D eigenvalue weighted by molar-refractivity contribution is 5.80. The van der Waals surface area contributed by atoms with E-state index in [0.29, 0.717) is 17.3 Å². The van der Waals surface area contributed by atoms with E-state index < -0.39 is 0 Å². The highest BCUT2D eigenvalue weighted by Crippen LogP contribution is 2.30. The van der Waals surface area contributed by atoms with Crippen molar-refractivity contribution in [1.82, 2.24) is 9.97 Å². The maximum absolute atomic E-state index is 6.36. The number of anilines is 6. The van der Waals surface area contributed by atoms with E-state index in [-0.39, 0.29) is 0 Å². The lowest BCUT2D eigenvalue weighted by atomic mass is 10.2. The highest BCUT2D eigenvalue weighted by atomic mass is 15.5. The molecule has 0 radical (unpaired) electrons. The van der Waals surface area contributed by atoms with Crippen LogP contribution in [0.3, 0.4) is 0 Å². The van der Waals surface area contributed by atoms with Crippen LogP contribution in [-0.4, -0.2) is 9.97 Å². The van der Waals surface area contributed by atoms with Crippen LogP contribution < -0.4 is 21.5 Å². The minimum absolute atomic E-state index is 0.434. The zero-order valence-corrected chi connectivity index (χ0v) is 15.2. The summed E-state index contributed by atoms with van der Waals surface area (Å²) in [6, 6.07) is 29.7. The van der Waals surface area contributed by atoms with E-state index in [1.165, 1.54) is 6.33 Å². The largest absolute Gasteiger partial charge is 0.393 e. The summed E-state index contributed by atoms with van der Waals surface area (Å²) in [7, 11) is 0. The van der Waals surface area contributed by atoms with Gasteiger partial charge in [-0.2, -0.15) is 0 Å². The van der Waals surface area contributed by atoms with Gasteiger partial charge in [-0.3, -0.25) is 10.4 Å². The second-order valence-corrected chi connectivity index (χ2v) is 6.09. The molecule has 4 rings (SSSR count). The van der Waals surface area contributed by atoms with Gasteiger partial charge in [0.15, 0.2) is 11.6 Å². The summed E-state index contributed by atoms with van der Waals surface area (Å²) in [5.74, 6) is 1.06. The molecule has 0 fully saturated rings. The van der Waals surface area contributed by atoms with Crippen LogP contribution in [-0.2, 0) is 0 Å². The number of nitrogen functional groups attached to an aromatic ring is 1. The van der Waals surface area contributed by atoms with Crippen molar-refractivity contribution < 1.29 is 0 Å². The third-order valence-electron chi connectivity index (χ3n) is 4.17. The zero-order chi connectivity index (χ0) is 19.2. The average Bonchev–Trinajstić information content (AvgIpc) is 2.76. The molecule has 0 aliphatic rings. The van der Waals surface area contributed by atoms with E-state index in [4.69, 9.17) is 5.73 Å². The fourth-order valence-electron chi connectivity index (χ4n) is 2.78. The summed E-state index contributed by atoms with van der Waals surface area (Å²) in [4.78, 5) is 8.62. The van der Waals surface area contributed by atoms with Crippen molar-refractivity contribution >= 4 is 34.4 Å². The number of nitrogens with zero attached hydrogens (tertiary/aromatic N) is 3. The summed E-state index contributed by atoms with van der Waals surface area (Å²) in [5, 5.41) is 5.17. The molecule has 0 saturated heterocycles. The summed E-state index contributed by atoms with van der Waals surface area (Å²) in [6.07, 6.45) is 1.48. The van der Waals surface area contributed by atoms with E-state index in [0.717, 1.165) is 17.1 Å². The van der Waals surface area contributed by atoms with Crippen LogP contribution in [0.2, 0.25) is 0 Å². The Hall–Kier alpha value is -4.06. The molecule has 0 amide bonds. The highest BCUT2D eigenvalue weighted by Gasteiger charge is 2.14. The number of aromatic nitrogens is 2. The minimum Gasteiger partial charge on any atom is -0.393 e. The van der Waals surface area contributed by atoms with Gasteiger partial charge >= 0.3 is 0 Å². The molecular weight excluding hydrogens is 348 g/mol. The van der Waals surface area contributed by atoms with Crippen molar-refractivity contribution in [1.29, 1.82) is 0 Å². The smallest absolute Gasteiger partial charge is 0.173 e. The second-order valence-electron chi connectivity index (χ2n) is 6.09. The van der Waals surface area contributed by atoms with Crippen molar-refractivity contribution in [3.8, 4) is 0 Å². The van der Waals surface area contributed by atoms with E-state index in [9.17, 15) is 0 Å². The normalized spacial score (nSPS) is 10.3. The molecule has 0 saturated carbocycles. The molecule has 0 aliphatic carbocycles. The van der Waals surface area contributed by atoms with E-state index >= 15 is 0 Å². The first-order valence-corrected chi connectivity index (χ1v) is 8.91. The Morgan fingerprint density at radius 3 is 1.71 bits per heavy atom. The number of hydrazine groups is 1. The Morgan fingerprint density at radius 2 is 1.14 bits per heavy atom. The van der Waals surface area contributed by atoms with E-state index in [2.05, 4.69) is 20.7 Å². The SMILES string of the molecule is Nc1c(Nc2ccccc2)ncnc1NN(c1ccccc1)c1ccccc1. The van der Waals surface area contributed by atoms with Crippen LogP contribution in [0.4, 0.5) is 34.4 Å². The molecule has 0 aliphatic heterocycles. The topological polar surface area (TPSA) is 79.1 Å². The summed E-state index contributed by atoms with van der Waals surface area (Å²) in [5.41, 5.74) is 12.9. The van der Waals surface area contributed by atoms with Gasteiger partial charge < -0.3 is 11.1 Å². The Bertz CT molecular complexity index is 983. The molecule has 28 heavy (non-hydrogen) atoms. The number of hydrogen-bond acceptors (Lipinski definition) is 6. The molecule has 0 atom stereocenters. The zero-order valence-electron chi connectivity index (χ0n) is 15.2. The lowest BCUT2D eigenvalue weighted by Gasteiger charge is -2.26. The fraction of sp³-hybridized carbons (Fsp3) is 0. The maximum Gasteiger partial charge on any atom is 0.173 e. The predicted octanol–water partition coefficient (Wildman–Crippen LogP) is 4.97. The number of nitrogens with one attached hydrogen (secondary N) is 2. The van der Waals surface area contributed by atoms with Crippen LogP contribution in [0.1, 0.15) is 0 Å². The van der Waals surface area contributed by atoms with Crippen LogP contribution in [0.5, 0.6) is 0 Å². The van der Waals surface area contributed by atoms with Gasteiger partial charge in [0.1, 0.15) is 12.0 Å². The quantitative estimate of drug-likeness (QED) is 0.417. The summed E-state index contributed by atoms with van der Waals surface area (Å²) in [6.45, 7) is 0. The van der Waals surface area contributed by atoms with E-state index in [1.807, 2.05) is 96.0 Å². The number of para-hydroxylation sites is 3. The van der Waals surface area contributed by atoms with Crippen molar-refractivity contribution in [2.75, 3.05) is 21.5 Å². The molecule has 6 nitrogen and oxygen atoms in total. The first-order chi connectivity index (χ1) is 13.8. The third-order valence-corrected chi connectivity index (χ3v) is 4.17. The molecule has 138 valence electrons.